The van der Waals surface area contributed by atoms with Gasteiger partial charge in [0.15, 0.2) is 6.29 Å². The minimum absolute atomic E-state index is 0.151. The Balaban J connectivity index is 3.49. The van der Waals surface area contributed by atoms with Crippen LogP contribution in [0.1, 0.15) is 65.7 Å². The van der Waals surface area contributed by atoms with Crippen molar-refractivity contribution < 1.29 is 9.47 Å². The number of rotatable bonds is 11. The molecule has 0 saturated heterocycles. The molecule has 0 aliphatic carbocycles. The number of hydrogen-bond donors (Lipinski definition) is 0. The Hall–Kier alpha value is -0.780. The molecule has 0 aromatic carbocycles. The van der Waals surface area contributed by atoms with E-state index in [4.69, 9.17) is 9.47 Å². The summed E-state index contributed by atoms with van der Waals surface area (Å²) in [5.41, 5.74) is 0. The smallest absolute Gasteiger partial charge is 0.168 e. The molecule has 0 aromatic heterocycles. The average Bonchev–Trinajstić information content (AvgIpc) is 2.41. The number of hydrogen-bond acceptors (Lipinski definition) is 2. The Morgan fingerprint density at radius 2 is 1.63 bits per heavy atom. The van der Waals surface area contributed by atoms with Crippen molar-refractivity contribution in [2.45, 2.75) is 72.0 Å². The maximum absolute atomic E-state index is 5.43. The first-order chi connectivity index (χ1) is 9.35. The molecule has 2 heteroatoms. The highest BCUT2D eigenvalue weighted by atomic mass is 16.7. The molecular weight excluding hydrogens is 236 g/mol. The highest BCUT2D eigenvalue weighted by Crippen LogP contribution is 2.04. The summed E-state index contributed by atoms with van der Waals surface area (Å²) < 4.78 is 10.9. The van der Waals surface area contributed by atoms with Gasteiger partial charge in [-0.2, -0.15) is 0 Å². The lowest BCUT2D eigenvalue weighted by molar-refractivity contribution is -0.131. The summed E-state index contributed by atoms with van der Waals surface area (Å²) in [6.07, 6.45) is 12.1. The number of ether oxygens (including phenoxy) is 2. The molecule has 0 heterocycles. The SMILES string of the molecule is CCC=CCCCCCC#CCC(OCC)OCC. The van der Waals surface area contributed by atoms with Crippen LogP contribution >= 0.6 is 0 Å². The third-order valence-electron chi connectivity index (χ3n) is 2.67. The summed E-state index contributed by atoms with van der Waals surface area (Å²) in [5, 5.41) is 0. The summed E-state index contributed by atoms with van der Waals surface area (Å²) in [6, 6.07) is 0. The van der Waals surface area contributed by atoms with E-state index in [0.717, 1.165) is 12.8 Å². The van der Waals surface area contributed by atoms with Crippen LogP contribution in [0.4, 0.5) is 0 Å². The Morgan fingerprint density at radius 1 is 0.895 bits per heavy atom. The van der Waals surface area contributed by atoms with E-state index in [1.807, 2.05) is 13.8 Å². The van der Waals surface area contributed by atoms with Crippen LogP contribution in [0.25, 0.3) is 0 Å². The van der Waals surface area contributed by atoms with Crippen LogP contribution < -0.4 is 0 Å². The molecule has 0 aliphatic heterocycles. The van der Waals surface area contributed by atoms with Crippen LogP contribution in [-0.2, 0) is 9.47 Å². The third kappa shape index (κ3) is 13.5. The predicted molar refractivity (Wildman–Crippen MR) is 81.9 cm³/mol. The van der Waals surface area contributed by atoms with E-state index < -0.39 is 0 Å². The fourth-order valence-corrected chi connectivity index (χ4v) is 1.72. The van der Waals surface area contributed by atoms with Crippen molar-refractivity contribution in [2.75, 3.05) is 13.2 Å². The molecule has 0 spiro atoms. The zero-order valence-electron chi connectivity index (χ0n) is 12.9. The Labute approximate surface area is 119 Å². The minimum atomic E-state index is -0.151. The molecular formula is C17H30O2. The minimum Gasteiger partial charge on any atom is -0.352 e. The first-order valence-corrected chi connectivity index (χ1v) is 7.69. The van der Waals surface area contributed by atoms with Crippen molar-refractivity contribution in [2.24, 2.45) is 0 Å². The van der Waals surface area contributed by atoms with E-state index in [2.05, 4.69) is 30.9 Å². The highest BCUT2D eigenvalue weighted by molar-refractivity contribution is 4.99. The quantitative estimate of drug-likeness (QED) is 0.234. The lowest BCUT2D eigenvalue weighted by Crippen LogP contribution is -2.16. The molecule has 19 heavy (non-hydrogen) atoms. The van der Waals surface area contributed by atoms with Gasteiger partial charge in [0.05, 0.1) is 6.42 Å². The molecule has 0 aromatic rings. The predicted octanol–water partition coefficient (Wildman–Crippen LogP) is 4.70. The van der Waals surface area contributed by atoms with Crippen molar-refractivity contribution in [3.05, 3.63) is 12.2 Å². The molecule has 0 radical (unpaired) electrons. The van der Waals surface area contributed by atoms with Gasteiger partial charge < -0.3 is 9.47 Å². The van der Waals surface area contributed by atoms with Crippen LogP contribution in [0.15, 0.2) is 12.2 Å². The Bertz CT molecular complexity index is 254. The normalized spacial score (nSPS) is 10.9. The van der Waals surface area contributed by atoms with E-state index in [1.165, 1.54) is 25.7 Å². The van der Waals surface area contributed by atoms with Gasteiger partial charge in [-0.15, -0.1) is 5.92 Å². The second-order valence-electron chi connectivity index (χ2n) is 4.38. The van der Waals surface area contributed by atoms with Gasteiger partial charge in [0, 0.05) is 19.6 Å². The summed E-state index contributed by atoms with van der Waals surface area (Å²) >= 11 is 0. The first kappa shape index (κ1) is 18.2. The Morgan fingerprint density at radius 3 is 2.26 bits per heavy atom. The van der Waals surface area contributed by atoms with Crippen molar-refractivity contribution in [3.63, 3.8) is 0 Å². The van der Waals surface area contributed by atoms with E-state index in [1.54, 1.807) is 0 Å². The van der Waals surface area contributed by atoms with Crippen molar-refractivity contribution in [1.29, 1.82) is 0 Å². The van der Waals surface area contributed by atoms with Crippen LogP contribution in [-0.4, -0.2) is 19.5 Å². The van der Waals surface area contributed by atoms with Crippen molar-refractivity contribution in [3.8, 4) is 11.8 Å². The molecule has 0 bridgehead atoms. The van der Waals surface area contributed by atoms with E-state index in [-0.39, 0.29) is 6.29 Å². The van der Waals surface area contributed by atoms with E-state index in [9.17, 15) is 0 Å². The summed E-state index contributed by atoms with van der Waals surface area (Å²) in [5.74, 6) is 6.36. The summed E-state index contributed by atoms with van der Waals surface area (Å²) in [4.78, 5) is 0. The maximum Gasteiger partial charge on any atom is 0.168 e. The van der Waals surface area contributed by atoms with Crippen LogP contribution in [0.2, 0.25) is 0 Å². The van der Waals surface area contributed by atoms with Gasteiger partial charge in [-0.1, -0.05) is 31.4 Å². The Kier molecular flexibility index (Phi) is 14.7. The molecule has 0 aliphatic rings. The standard InChI is InChI=1S/C17H30O2/c1-4-7-8-9-10-11-12-13-14-15-16-17(18-5-2)19-6-3/h7-8,17H,4-6,9-13,16H2,1-3H3. The van der Waals surface area contributed by atoms with Gasteiger partial charge in [-0.25, -0.2) is 0 Å². The van der Waals surface area contributed by atoms with Gasteiger partial charge in [-0.05, 0) is 39.5 Å². The second-order valence-corrected chi connectivity index (χ2v) is 4.38. The molecule has 0 atom stereocenters. The molecule has 0 fully saturated rings. The monoisotopic (exact) mass is 266 g/mol. The molecule has 0 N–H and O–H groups in total. The van der Waals surface area contributed by atoms with E-state index in [0.29, 0.717) is 19.6 Å². The highest BCUT2D eigenvalue weighted by Gasteiger charge is 2.04. The maximum atomic E-state index is 5.43. The molecule has 0 unspecified atom stereocenters. The van der Waals surface area contributed by atoms with Gasteiger partial charge in [0.1, 0.15) is 0 Å². The van der Waals surface area contributed by atoms with Gasteiger partial charge in [0.25, 0.3) is 0 Å². The van der Waals surface area contributed by atoms with Crippen LogP contribution in [0, 0.1) is 11.8 Å². The zero-order chi connectivity index (χ0) is 14.2. The zero-order valence-corrected chi connectivity index (χ0v) is 12.9. The molecule has 0 rings (SSSR count). The lowest BCUT2D eigenvalue weighted by atomic mass is 10.1. The van der Waals surface area contributed by atoms with Crippen LogP contribution in [0.5, 0.6) is 0 Å². The molecule has 0 amide bonds. The number of allylic oxidation sites excluding steroid dienone is 2. The average molecular weight is 266 g/mol. The number of unbranched alkanes of at least 4 members (excludes halogenated alkanes) is 4. The first-order valence-electron chi connectivity index (χ1n) is 7.69. The van der Waals surface area contributed by atoms with Crippen molar-refractivity contribution >= 4 is 0 Å². The van der Waals surface area contributed by atoms with Gasteiger partial charge in [-0.3, -0.25) is 0 Å². The molecule has 110 valence electrons. The van der Waals surface area contributed by atoms with Crippen molar-refractivity contribution in [1.82, 2.24) is 0 Å². The van der Waals surface area contributed by atoms with Gasteiger partial charge >= 0.3 is 0 Å². The fraction of sp³-hybridized carbons (Fsp3) is 0.765. The fourth-order valence-electron chi connectivity index (χ4n) is 1.72. The van der Waals surface area contributed by atoms with Gasteiger partial charge in [0.2, 0.25) is 0 Å². The largest absolute Gasteiger partial charge is 0.352 e. The second kappa shape index (κ2) is 15.3. The molecule has 0 saturated carbocycles. The molecule has 2 nitrogen and oxygen atoms in total. The lowest BCUT2D eigenvalue weighted by Gasteiger charge is -2.13. The summed E-state index contributed by atoms with van der Waals surface area (Å²) in [7, 11) is 0. The third-order valence-corrected chi connectivity index (χ3v) is 2.67. The van der Waals surface area contributed by atoms with Crippen LogP contribution in [0.3, 0.4) is 0 Å². The summed E-state index contributed by atoms with van der Waals surface area (Å²) in [6.45, 7) is 7.48. The topological polar surface area (TPSA) is 18.5 Å². The van der Waals surface area contributed by atoms with E-state index >= 15 is 0 Å².